The van der Waals surface area contributed by atoms with Crippen LogP contribution in [-0.2, 0) is 9.53 Å². The van der Waals surface area contributed by atoms with E-state index < -0.39 is 5.92 Å². The minimum atomic E-state index is -0.391. The van der Waals surface area contributed by atoms with Crippen LogP contribution in [0.4, 0.5) is 0 Å². The Morgan fingerprint density at radius 2 is 2.00 bits per heavy atom. The van der Waals surface area contributed by atoms with Crippen LogP contribution in [0.1, 0.15) is 30.7 Å². The summed E-state index contributed by atoms with van der Waals surface area (Å²) >= 11 is 0. The molecule has 3 rings (SSSR count). The summed E-state index contributed by atoms with van der Waals surface area (Å²) in [6.07, 6.45) is 1.97. The number of allylic oxidation sites excluding steroid dienone is 3. The number of hydrogen-bond donors (Lipinski definition) is 1. The predicted molar refractivity (Wildman–Crippen MR) is 73.0 cm³/mol. The molecular formula is C16H14N2O2. The van der Waals surface area contributed by atoms with Gasteiger partial charge in [0.2, 0.25) is 5.88 Å². The molecule has 0 spiro atoms. The van der Waals surface area contributed by atoms with Gasteiger partial charge in [-0.2, -0.15) is 5.26 Å². The highest BCUT2D eigenvalue weighted by molar-refractivity contribution is 5.99. The predicted octanol–water partition coefficient (Wildman–Crippen LogP) is 2.50. The van der Waals surface area contributed by atoms with Gasteiger partial charge in [-0.3, -0.25) is 4.79 Å². The largest absolute Gasteiger partial charge is 0.444 e. The van der Waals surface area contributed by atoms with E-state index in [1.54, 1.807) is 0 Å². The Hall–Kier alpha value is -2.54. The van der Waals surface area contributed by atoms with Gasteiger partial charge in [-0.15, -0.1) is 0 Å². The quantitative estimate of drug-likeness (QED) is 0.847. The zero-order valence-electron chi connectivity index (χ0n) is 10.9. The van der Waals surface area contributed by atoms with Crippen molar-refractivity contribution in [3.05, 3.63) is 58.7 Å². The maximum atomic E-state index is 12.3. The number of carbonyl (C=O) groups is 1. The first kappa shape index (κ1) is 12.5. The third-order valence-electron chi connectivity index (χ3n) is 3.74. The number of ketones is 1. The van der Waals surface area contributed by atoms with E-state index in [1.807, 2.05) is 30.3 Å². The van der Waals surface area contributed by atoms with Gasteiger partial charge in [0.25, 0.3) is 0 Å². The van der Waals surface area contributed by atoms with Crippen LogP contribution in [0.3, 0.4) is 0 Å². The molecule has 1 aromatic carbocycles. The highest BCUT2D eigenvalue weighted by Gasteiger charge is 2.37. The molecule has 2 aliphatic rings. The zero-order chi connectivity index (χ0) is 14.1. The first-order valence-corrected chi connectivity index (χ1v) is 6.61. The number of hydrogen-bond acceptors (Lipinski definition) is 4. The van der Waals surface area contributed by atoms with Crippen LogP contribution < -0.4 is 5.73 Å². The number of rotatable bonds is 1. The number of nitriles is 1. The summed E-state index contributed by atoms with van der Waals surface area (Å²) in [6.45, 7) is 0. The van der Waals surface area contributed by atoms with Crippen molar-refractivity contribution >= 4 is 5.78 Å². The standard InChI is InChI=1S/C16H14N2O2/c17-9-11-14(10-5-2-1-3-6-10)15-12(19)7-4-8-13(15)20-16(11)18/h1-3,5-6,14H,4,7-8,18H2/t14-/m1/s1. The molecule has 0 fully saturated rings. The zero-order valence-corrected chi connectivity index (χ0v) is 10.9. The first-order valence-electron chi connectivity index (χ1n) is 6.61. The number of ether oxygens (including phenoxy) is 1. The summed E-state index contributed by atoms with van der Waals surface area (Å²) in [5.41, 5.74) is 7.69. The lowest BCUT2D eigenvalue weighted by Crippen LogP contribution is -2.27. The smallest absolute Gasteiger partial charge is 0.205 e. The van der Waals surface area contributed by atoms with Crippen molar-refractivity contribution in [2.45, 2.75) is 25.2 Å². The molecule has 1 atom stereocenters. The molecule has 1 aliphatic carbocycles. The van der Waals surface area contributed by atoms with Crippen LogP contribution in [0.5, 0.6) is 0 Å². The summed E-state index contributed by atoms with van der Waals surface area (Å²) in [4.78, 5) is 12.3. The van der Waals surface area contributed by atoms with E-state index in [9.17, 15) is 10.1 Å². The fourth-order valence-electron chi connectivity index (χ4n) is 2.84. The summed E-state index contributed by atoms with van der Waals surface area (Å²) < 4.78 is 5.51. The average Bonchev–Trinajstić information content (AvgIpc) is 2.47. The highest BCUT2D eigenvalue weighted by Crippen LogP contribution is 2.43. The SMILES string of the molecule is N#CC1=C(N)OC2=C(C(=O)CCC2)[C@@H]1c1ccccc1. The number of carbonyl (C=O) groups excluding carboxylic acids is 1. The van der Waals surface area contributed by atoms with E-state index in [0.717, 1.165) is 12.0 Å². The van der Waals surface area contributed by atoms with Crippen LogP contribution in [0.15, 0.2) is 53.1 Å². The van der Waals surface area contributed by atoms with Gasteiger partial charge in [-0.1, -0.05) is 30.3 Å². The van der Waals surface area contributed by atoms with E-state index in [1.165, 1.54) is 0 Å². The summed E-state index contributed by atoms with van der Waals surface area (Å²) in [5, 5.41) is 9.37. The molecule has 1 aromatic rings. The van der Waals surface area contributed by atoms with Crippen molar-refractivity contribution in [1.82, 2.24) is 0 Å². The molecular weight excluding hydrogens is 252 g/mol. The molecule has 0 aromatic heterocycles. The van der Waals surface area contributed by atoms with E-state index in [2.05, 4.69) is 6.07 Å². The van der Waals surface area contributed by atoms with Gasteiger partial charge in [0.15, 0.2) is 5.78 Å². The third kappa shape index (κ3) is 1.88. The molecule has 4 heteroatoms. The molecule has 1 heterocycles. The van der Waals surface area contributed by atoms with Crippen molar-refractivity contribution in [2.75, 3.05) is 0 Å². The molecule has 0 saturated heterocycles. The molecule has 4 nitrogen and oxygen atoms in total. The number of Topliss-reactive ketones (excluding diaryl/α,β-unsaturated/α-hetero) is 1. The minimum Gasteiger partial charge on any atom is -0.444 e. The van der Waals surface area contributed by atoms with Gasteiger partial charge in [0, 0.05) is 18.4 Å². The molecule has 0 saturated carbocycles. The molecule has 2 N–H and O–H groups in total. The van der Waals surface area contributed by atoms with E-state index in [-0.39, 0.29) is 11.7 Å². The van der Waals surface area contributed by atoms with Crippen LogP contribution in [0, 0.1) is 11.3 Å². The lowest BCUT2D eigenvalue weighted by Gasteiger charge is -2.30. The Morgan fingerprint density at radius 3 is 2.70 bits per heavy atom. The molecule has 0 amide bonds. The summed E-state index contributed by atoms with van der Waals surface area (Å²) in [6, 6.07) is 11.6. The van der Waals surface area contributed by atoms with Crippen molar-refractivity contribution in [3.8, 4) is 6.07 Å². The second-order valence-electron chi connectivity index (χ2n) is 4.95. The maximum absolute atomic E-state index is 12.3. The first-order chi connectivity index (χ1) is 9.72. The third-order valence-corrected chi connectivity index (χ3v) is 3.74. The van der Waals surface area contributed by atoms with E-state index >= 15 is 0 Å². The lowest BCUT2D eigenvalue weighted by atomic mass is 9.78. The highest BCUT2D eigenvalue weighted by atomic mass is 16.5. The minimum absolute atomic E-state index is 0.0559. The molecule has 20 heavy (non-hydrogen) atoms. The molecule has 0 bridgehead atoms. The molecule has 1 aliphatic heterocycles. The van der Waals surface area contributed by atoms with Crippen molar-refractivity contribution in [3.63, 3.8) is 0 Å². The monoisotopic (exact) mass is 266 g/mol. The van der Waals surface area contributed by atoms with Crippen LogP contribution in [0.2, 0.25) is 0 Å². The fraction of sp³-hybridized carbons (Fsp3) is 0.250. The van der Waals surface area contributed by atoms with Crippen molar-refractivity contribution in [1.29, 1.82) is 5.26 Å². The molecule has 0 radical (unpaired) electrons. The van der Waals surface area contributed by atoms with Gasteiger partial charge in [0.1, 0.15) is 17.4 Å². The average molecular weight is 266 g/mol. The molecule has 100 valence electrons. The Bertz CT molecular complexity index is 665. The fourth-order valence-corrected chi connectivity index (χ4v) is 2.84. The number of benzene rings is 1. The van der Waals surface area contributed by atoms with E-state index in [0.29, 0.717) is 29.7 Å². The Morgan fingerprint density at radius 1 is 1.25 bits per heavy atom. The number of nitrogens with zero attached hydrogens (tertiary/aromatic N) is 1. The van der Waals surface area contributed by atoms with Gasteiger partial charge < -0.3 is 10.5 Å². The van der Waals surface area contributed by atoms with Gasteiger partial charge in [-0.25, -0.2) is 0 Å². The van der Waals surface area contributed by atoms with Crippen LogP contribution >= 0.6 is 0 Å². The lowest BCUT2D eigenvalue weighted by molar-refractivity contribution is -0.116. The second-order valence-corrected chi connectivity index (χ2v) is 4.95. The normalized spacial score (nSPS) is 22.1. The summed E-state index contributed by atoms with van der Waals surface area (Å²) in [7, 11) is 0. The van der Waals surface area contributed by atoms with Gasteiger partial charge >= 0.3 is 0 Å². The van der Waals surface area contributed by atoms with E-state index in [4.69, 9.17) is 10.5 Å². The van der Waals surface area contributed by atoms with Crippen LogP contribution in [-0.4, -0.2) is 5.78 Å². The topological polar surface area (TPSA) is 76.1 Å². The summed E-state index contributed by atoms with van der Waals surface area (Å²) in [5.74, 6) is 0.416. The van der Waals surface area contributed by atoms with Gasteiger partial charge in [-0.05, 0) is 12.0 Å². The van der Waals surface area contributed by atoms with Crippen LogP contribution in [0.25, 0.3) is 0 Å². The Kier molecular flexibility index (Phi) is 3.03. The van der Waals surface area contributed by atoms with Crippen molar-refractivity contribution < 1.29 is 9.53 Å². The molecule has 0 unspecified atom stereocenters. The van der Waals surface area contributed by atoms with Crippen molar-refractivity contribution in [2.24, 2.45) is 5.73 Å². The van der Waals surface area contributed by atoms with Gasteiger partial charge in [0.05, 0.1) is 5.92 Å². The second kappa shape index (κ2) is 4.86. The Balaban J connectivity index is 2.18. The number of nitrogens with two attached hydrogens (primary N) is 1. The maximum Gasteiger partial charge on any atom is 0.205 e. The Labute approximate surface area is 117 Å².